The maximum atomic E-state index is 11.2. The van der Waals surface area contributed by atoms with Crippen molar-refractivity contribution in [1.29, 1.82) is 0 Å². The zero-order valence-electron chi connectivity index (χ0n) is 9.89. The molecule has 1 fully saturated rings. The van der Waals surface area contributed by atoms with Gasteiger partial charge in [-0.25, -0.2) is 10.4 Å². The number of fused-ring (bicyclic) bond motifs is 1. The number of aliphatic carboxylic acids is 1. The summed E-state index contributed by atoms with van der Waals surface area (Å²) in [6, 6.07) is 7.37. The largest absolute Gasteiger partial charge is 0.480 e. The first-order valence-corrected chi connectivity index (χ1v) is 6.03. The van der Waals surface area contributed by atoms with Gasteiger partial charge in [-0.1, -0.05) is 18.2 Å². The monoisotopic (exact) mass is 245 g/mol. The summed E-state index contributed by atoms with van der Waals surface area (Å²) in [5, 5.41) is 12.2. The summed E-state index contributed by atoms with van der Waals surface area (Å²) in [5.74, 6) is -0.813. The molecule has 94 valence electrons. The Morgan fingerprint density at radius 3 is 2.94 bits per heavy atom. The van der Waals surface area contributed by atoms with Crippen LogP contribution >= 0.6 is 0 Å². The van der Waals surface area contributed by atoms with Crippen LogP contribution in [0.25, 0.3) is 10.9 Å². The number of carboxylic acid groups (broad SMARTS) is 1. The number of H-pyrrole nitrogens is 1. The van der Waals surface area contributed by atoms with E-state index in [-0.39, 0.29) is 0 Å². The fourth-order valence-corrected chi connectivity index (χ4v) is 2.11. The number of aromatic nitrogens is 1. The molecule has 1 aromatic heterocycles. The lowest BCUT2D eigenvalue weighted by molar-refractivity contribution is -0.140. The summed E-state index contributed by atoms with van der Waals surface area (Å²) in [7, 11) is 0. The molecule has 1 saturated heterocycles. The summed E-state index contributed by atoms with van der Waals surface area (Å²) in [4.78, 5) is 14.4. The minimum absolute atomic E-state index is 0.482. The Hall–Kier alpha value is -1.85. The lowest BCUT2D eigenvalue weighted by atomic mass is 10.1. The van der Waals surface area contributed by atoms with Crippen molar-refractivity contribution in [2.45, 2.75) is 12.5 Å². The topological polar surface area (TPSA) is 68.1 Å². The van der Waals surface area contributed by atoms with Crippen molar-refractivity contribution in [3.8, 4) is 0 Å². The number of rotatable bonds is 5. The number of hydrazine groups is 1. The zero-order valence-corrected chi connectivity index (χ0v) is 9.89. The number of para-hydroxylation sites is 1. The van der Waals surface area contributed by atoms with Gasteiger partial charge in [0.25, 0.3) is 0 Å². The quantitative estimate of drug-likeness (QED) is 0.687. The van der Waals surface area contributed by atoms with E-state index in [4.69, 9.17) is 0 Å². The second-order valence-corrected chi connectivity index (χ2v) is 4.57. The van der Waals surface area contributed by atoms with E-state index in [2.05, 4.69) is 10.4 Å². The van der Waals surface area contributed by atoms with E-state index >= 15 is 0 Å². The number of benzene rings is 1. The van der Waals surface area contributed by atoms with Gasteiger partial charge in [-0.15, -0.1) is 0 Å². The SMILES string of the molecule is O=C(O)C(Cc1c[nH]c2ccccc12)NN1CC1. The van der Waals surface area contributed by atoms with E-state index < -0.39 is 12.0 Å². The van der Waals surface area contributed by atoms with Gasteiger partial charge >= 0.3 is 5.97 Å². The fraction of sp³-hybridized carbons (Fsp3) is 0.308. The van der Waals surface area contributed by atoms with E-state index in [1.54, 1.807) is 0 Å². The van der Waals surface area contributed by atoms with Crippen LogP contribution < -0.4 is 5.43 Å². The third-order valence-corrected chi connectivity index (χ3v) is 3.18. The molecule has 1 aliphatic rings. The van der Waals surface area contributed by atoms with Crippen molar-refractivity contribution >= 4 is 16.9 Å². The third-order valence-electron chi connectivity index (χ3n) is 3.18. The Balaban J connectivity index is 1.82. The van der Waals surface area contributed by atoms with Gasteiger partial charge < -0.3 is 10.1 Å². The Kier molecular flexibility index (Phi) is 2.77. The average molecular weight is 245 g/mol. The van der Waals surface area contributed by atoms with Gasteiger partial charge in [0.15, 0.2) is 0 Å². The molecule has 0 spiro atoms. The predicted octanol–water partition coefficient (Wildman–Crippen LogP) is 0.984. The van der Waals surface area contributed by atoms with Crippen LogP contribution in [0.2, 0.25) is 0 Å². The highest BCUT2D eigenvalue weighted by Gasteiger charge is 2.26. The van der Waals surface area contributed by atoms with Gasteiger partial charge in [0, 0.05) is 36.6 Å². The highest BCUT2D eigenvalue weighted by atomic mass is 16.4. The zero-order chi connectivity index (χ0) is 12.5. The van der Waals surface area contributed by atoms with Crippen molar-refractivity contribution in [2.75, 3.05) is 13.1 Å². The smallest absolute Gasteiger partial charge is 0.322 e. The van der Waals surface area contributed by atoms with Crippen LogP contribution in [0.3, 0.4) is 0 Å². The lowest BCUT2D eigenvalue weighted by Gasteiger charge is -2.14. The van der Waals surface area contributed by atoms with Gasteiger partial charge in [0.2, 0.25) is 0 Å². The Morgan fingerprint density at radius 1 is 1.44 bits per heavy atom. The molecule has 2 aromatic rings. The van der Waals surface area contributed by atoms with Crippen molar-refractivity contribution in [2.24, 2.45) is 0 Å². The van der Waals surface area contributed by atoms with E-state index in [9.17, 15) is 9.90 Å². The second kappa shape index (κ2) is 4.44. The molecule has 0 saturated carbocycles. The molecule has 0 amide bonds. The average Bonchev–Trinajstić information content (AvgIpc) is 3.09. The highest BCUT2D eigenvalue weighted by molar-refractivity contribution is 5.84. The molecule has 1 unspecified atom stereocenters. The number of hydrogen-bond acceptors (Lipinski definition) is 3. The molecule has 1 aliphatic heterocycles. The number of hydrogen-bond donors (Lipinski definition) is 3. The van der Waals surface area contributed by atoms with Gasteiger partial charge in [-0.3, -0.25) is 4.79 Å². The lowest BCUT2D eigenvalue weighted by Crippen LogP contribution is -2.41. The maximum Gasteiger partial charge on any atom is 0.322 e. The van der Waals surface area contributed by atoms with Crippen molar-refractivity contribution in [3.63, 3.8) is 0 Å². The molecular formula is C13H15N3O2. The molecule has 1 aromatic carbocycles. The van der Waals surface area contributed by atoms with Gasteiger partial charge in [-0.05, 0) is 11.6 Å². The van der Waals surface area contributed by atoms with Crippen LogP contribution in [0.5, 0.6) is 0 Å². The Bertz CT molecular complexity index is 574. The van der Waals surface area contributed by atoms with E-state index in [1.165, 1.54) is 0 Å². The maximum absolute atomic E-state index is 11.2. The molecule has 2 heterocycles. The van der Waals surface area contributed by atoms with Gasteiger partial charge in [0.05, 0.1) is 0 Å². The highest BCUT2D eigenvalue weighted by Crippen LogP contribution is 2.19. The number of nitrogens with one attached hydrogen (secondary N) is 2. The first-order valence-electron chi connectivity index (χ1n) is 6.03. The summed E-state index contributed by atoms with van der Waals surface area (Å²) in [5.41, 5.74) is 5.09. The van der Waals surface area contributed by atoms with Crippen LogP contribution in [-0.2, 0) is 11.2 Å². The summed E-state index contributed by atoms with van der Waals surface area (Å²) in [6.45, 7) is 1.86. The predicted molar refractivity (Wildman–Crippen MR) is 68.1 cm³/mol. The molecule has 5 heteroatoms. The Morgan fingerprint density at radius 2 is 2.22 bits per heavy atom. The van der Waals surface area contributed by atoms with Gasteiger partial charge in [0.1, 0.15) is 6.04 Å². The molecule has 1 atom stereocenters. The molecule has 0 radical (unpaired) electrons. The molecule has 3 rings (SSSR count). The number of nitrogens with zero attached hydrogens (tertiary/aromatic N) is 1. The molecule has 0 aliphatic carbocycles. The standard InChI is InChI=1S/C13H15N3O2/c17-13(18)12(15-16-5-6-16)7-9-8-14-11-4-2-1-3-10(9)11/h1-4,8,12,14-15H,5-7H2,(H,17,18). The fourth-order valence-electron chi connectivity index (χ4n) is 2.11. The van der Waals surface area contributed by atoms with Crippen molar-refractivity contribution in [3.05, 3.63) is 36.0 Å². The third kappa shape index (κ3) is 2.23. The Labute approximate surface area is 104 Å². The minimum Gasteiger partial charge on any atom is -0.480 e. The van der Waals surface area contributed by atoms with Crippen LogP contribution in [-0.4, -0.2) is 40.2 Å². The van der Waals surface area contributed by atoms with Crippen LogP contribution in [0.4, 0.5) is 0 Å². The summed E-state index contributed by atoms with van der Waals surface area (Å²) < 4.78 is 0. The molecule has 3 N–H and O–H groups in total. The summed E-state index contributed by atoms with van der Waals surface area (Å²) in [6.07, 6.45) is 2.38. The second-order valence-electron chi connectivity index (χ2n) is 4.57. The first-order chi connectivity index (χ1) is 8.74. The minimum atomic E-state index is -0.813. The summed E-state index contributed by atoms with van der Waals surface area (Å²) >= 11 is 0. The van der Waals surface area contributed by atoms with Crippen LogP contribution in [0, 0.1) is 0 Å². The number of aromatic amines is 1. The van der Waals surface area contributed by atoms with Gasteiger partial charge in [-0.2, -0.15) is 0 Å². The molecular weight excluding hydrogens is 230 g/mol. The van der Waals surface area contributed by atoms with Crippen molar-refractivity contribution in [1.82, 2.24) is 15.4 Å². The van der Waals surface area contributed by atoms with E-state index in [0.717, 1.165) is 29.6 Å². The van der Waals surface area contributed by atoms with E-state index in [1.807, 2.05) is 35.5 Å². The van der Waals surface area contributed by atoms with Crippen LogP contribution in [0.1, 0.15) is 5.56 Å². The van der Waals surface area contributed by atoms with Crippen molar-refractivity contribution < 1.29 is 9.90 Å². The van der Waals surface area contributed by atoms with Crippen LogP contribution in [0.15, 0.2) is 30.5 Å². The molecule has 18 heavy (non-hydrogen) atoms. The first kappa shape index (κ1) is 11.3. The molecule has 5 nitrogen and oxygen atoms in total. The number of carboxylic acids is 1. The molecule has 0 bridgehead atoms. The number of carbonyl (C=O) groups is 1. The normalized spacial score (nSPS) is 16.9. The van der Waals surface area contributed by atoms with E-state index in [0.29, 0.717) is 6.42 Å².